The van der Waals surface area contributed by atoms with Crippen molar-refractivity contribution in [3.05, 3.63) is 25.1 Å². The Hall–Kier alpha value is -0.790. The van der Waals surface area contributed by atoms with Gasteiger partial charge in [0.1, 0.15) is 0 Å². The van der Waals surface area contributed by atoms with Gasteiger partial charge in [-0.3, -0.25) is 0 Å². The van der Waals surface area contributed by atoms with Crippen LogP contribution in [0.25, 0.3) is 0 Å². The van der Waals surface area contributed by atoms with Crippen LogP contribution in [-0.2, 0) is 0 Å². The van der Waals surface area contributed by atoms with Crippen LogP contribution in [0.1, 0.15) is 31.7 Å². The van der Waals surface area contributed by atoms with E-state index in [1.807, 2.05) is 12.5 Å². The number of aromatic nitrogens is 2. The van der Waals surface area contributed by atoms with Crippen molar-refractivity contribution < 1.29 is 0 Å². The average molecular weight is 149 g/mol. The predicted octanol–water partition coefficient (Wildman–Crippen LogP) is 2.20. The molecule has 1 aliphatic carbocycles. The molecule has 0 aromatic carbocycles. The topological polar surface area (TPSA) is 17.8 Å². The fourth-order valence-corrected chi connectivity index (χ4v) is 1.68. The fourth-order valence-electron chi connectivity index (χ4n) is 1.68. The lowest BCUT2D eigenvalue weighted by molar-refractivity contribution is 0.403. The standard InChI is InChI=1S/C9H13N2/c1-2-4-9(5-3-1)11-7-6-10-8-11/h2,6-9H,1,3-5H2. The van der Waals surface area contributed by atoms with Gasteiger partial charge in [-0.1, -0.05) is 12.8 Å². The highest BCUT2D eigenvalue weighted by atomic mass is 15.0. The summed E-state index contributed by atoms with van der Waals surface area (Å²) in [5.41, 5.74) is 0. The van der Waals surface area contributed by atoms with E-state index in [-0.39, 0.29) is 0 Å². The van der Waals surface area contributed by atoms with Crippen molar-refractivity contribution in [3.63, 3.8) is 0 Å². The maximum atomic E-state index is 4.05. The molecule has 1 unspecified atom stereocenters. The number of rotatable bonds is 1. The van der Waals surface area contributed by atoms with Gasteiger partial charge in [-0.2, -0.15) is 0 Å². The van der Waals surface area contributed by atoms with Gasteiger partial charge in [0, 0.05) is 18.4 Å². The van der Waals surface area contributed by atoms with E-state index < -0.39 is 0 Å². The second kappa shape index (κ2) is 3.07. The van der Waals surface area contributed by atoms with Crippen LogP contribution in [0.4, 0.5) is 0 Å². The number of hydrogen-bond acceptors (Lipinski definition) is 1. The van der Waals surface area contributed by atoms with Crippen molar-refractivity contribution in [1.82, 2.24) is 9.55 Å². The van der Waals surface area contributed by atoms with E-state index in [1.54, 1.807) is 0 Å². The SMILES string of the molecule is [CH]1CCCC(n2ccnc2)C1. The van der Waals surface area contributed by atoms with Gasteiger partial charge in [-0.05, 0) is 19.3 Å². The first-order valence-electron chi connectivity index (χ1n) is 4.26. The molecular weight excluding hydrogens is 136 g/mol. The van der Waals surface area contributed by atoms with Crippen LogP contribution in [0, 0.1) is 6.42 Å². The summed E-state index contributed by atoms with van der Waals surface area (Å²) in [6.07, 6.45) is 13.4. The van der Waals surface area contributed by atoms with E-state index in [4.69, 9.17) is 0 Å². The van der Waals surface area contributed by atoms with Crippen molar-refractivity contribution in [2.24, 2.45) is 0 Å². The van der Waals surface area contributed by atoms with E-state index in [0.29, 0.717) is 6.04 Å². The Bertz CT molecular complexity index is 197. The van der Waals surface area contributed by atoms with Gasteiger partial charge in [0.2, 0.25) is 0 Å². The van der Waals surface area contributed by atoms with Crippen molar-refractivity contribution in [2.75, 3.05) is 0 Å². The van der Waals surface area contributed by atoms with Crippen molar-refractivity contribution >= 4 is 0 Å². The van der Waals surface area contributed by atoms with Crippen LogP contribution in [0.3, 0.4) is 0 Å². The van der Waals surface area contributed by atoms with Crippen molar-refractivity contribution in [2.45, 2.75) is 31.7 Å². The van der Waals surface area contributed by atoms with E-state index in [1.165, 1.54) is 25.7 Å². The predicted molar refractivity (Wildman–Crippen MR) is 44.0 cm³/mol. The molecule has 1 fully saturated rings. The zero-order chi connectivity index (χ0) is 7.52. The Morgan fingerprint density at radius 2 is 2.45 bits per heavy atom. The molecule has 1 heterocycles. The Kier molecular flexibility index (Phi) is 1.93. The summed E-state index contributed by atoms with van der Waals surface area (Å²) in [5.74, 6) is 0. The maximum Gasteiger partial charge on any atom is 0.0948 e. The highest BCUT2D eigenvalue weighted by Crippen LogP contribution is 2.26. The van der Waals surface area contributed by atoms with Crippen LogP contribution in [0.2, 0.25) is 0 Å². The molecule has 1 atom stereocenters. The van der Waals surface area contributed by atoms with Gasteiger partial charge < -0.3 is 4.57 Å². The summed E-state index contributed by atoms with van der Waals surface area (Å²) in [6, 6.07) is 0.686. The zero-order valence-electron chi connectivity index (χ0n) is 6.61. The average Bonchev–Trinajstić information content (AvgIpc) is 2.58. The van der Waals surface area contributed by atoms with E-state index in [9.17, 15) is 0 Å². The van der Waals surface area contributed by atoms with Gasteiger partial charge in [-0.25, -0.2) is 4.98 Å². The Labute approximate surface area is 67.3 Å². The summed E-state index contributed by atoms with van der Waals surface area (Å²) in [4.78, 5) is 4.05. The molecule has 11 heavy (non-hydrogen) atoms. The molecule has 1 aromatic heterocycles. The fraction of sp³-hybridized carbons (Fsp3) is 0.556. The largest absolute Gasteiger partial charge is 0.334 e. The molecule has 0 saturated heterocycles. The molecule has 0 bridgehead atoms. The molecule has 2 rings (SSSR count). The Morgan fingerprint density at radius 1 is 1.45 bits per heavy atom. The quantitative estimate of drug-likeness (QED) is 0.598. The molecule has 1 saturated carbocycles. The number of nitrogens with zero attached hydrogens (tertiary/aromatic N) is 2. The zero-order valence-corrected chi connectivity index (χ0v) is 6.61. The normalized spacial score (nSPS) is 20.4. The Morgan fingerprint density at radius 3 is 3.09 bits per heavy atom. The minimum Gasteiger partial charge on any atom is -0.334 e. The smallest absolute Gasteiger partial charge is 0.0948 e. The summed E-state index contributed by atoms with van der Waals surface area (Å²) in [6.45, 7) is 0. The van der Waals surface area contributed by atoms with Gasteiger partial charge in [0.05, 0.1) is 6.33 Å². The molecule has 0 N–H and O–H groups in total. The van der Waals surface area contributed by atoms with Crippen LogP contribution in [0.5, 0.6) is 0 Å². The highest BCUT2D eigenvalue weighted by molar-refractivity contribution is 4.86. The highest BCUT2D eigenvalue weighted by Gasteiger charge is 2.13. The molecule has 1 aliphatic rings. The number of imidazole rings is 1. The van der Waals surface area contributed by atoms with Gasteiger partial charge in [0.25, 0.3) is 0 Å². The molecule has 2 heteroatoms. The van der Waals surface area contributed by atoms with E-state index in [2.05, 4.69) is 22.2 Å². The minimum absolute atomic E-state index is 0.686. The molecule has 2 nitrogen and oxygen atoms in total. The van der Waals surface area contributed by atoms with E-state index >= 15 is 0 Å². The minimum atomic E-state index is 0.686. The van der Waals surface area contributed by atoms with Gasteiger partial charge >= 0.3 is 0 Å². The van der Waals surface area contributed by atoms with Crippen LogP contribution < -0.4 is 0 Å². The number of hydrogen-bond donors (Lipinski definition) is 0. The first-order chi connectivity index (χ1) is 5.47. The molecule has 1 aromatic rings. The second-order valence-corrected chi connectivity index (χ2v) is 3.12. The first-order valence-corrected chi connectivity index (χ1v) is 4.26. The van der Waals surface area contributed by atoms with Crippen LogP contribution >= 0.6 is 0 Å². The lowest BCUT2D eigenvalue weighted by atomic mass is 9.95. The summed E-state index contributed by atoms with van der Waals surface area (Å²) in [7, 11) is 0. The molecule has 1 radical (unpaired) electrons. The van der Waals surface area contributed by atoms with Gasteiger partial charge in [-0.15, -0.1) is 0 Å². The first kappa shape index (κ1) is 6.89. The molecule has 0 amide bonds. The third kappa shape index (κ3) is 1.44. The molecule has 0 aliphatic heterocycles. The molecule has 0 spiro atoms. The summed E-state index contributed by atoms with van der Waals surface area (Å²) < 4.78 is 2.22. The molecular formula is C9H13N2. The van der Waals surface area contributed by atoms with Crippen molar-refractivity contribution in [1.29, 1.82) is 0 Å². The molecule has 59 valence electrons. The van der Waals surface area contributed by atoms with Crippen LogP contribution in [-0.4, -0.2) is 9.55 Å². The summed E-state index contributed by atoms with van der Waals surface area (Å²) in [5, 5.41) is 0. The van der Waals surface area contributed by atoms with E-state index in [0.717, 1.165) is 0 Å². The third-order valence-electron chi connectivity index (χ3n) is 2.33. The maximum absolute atomic E-state index is 4.05. The lowest BCUT2D eigenvalue weighted by Crippen LogP contribution is -2.10. The lowest BCUT2D eigenvalue weighted by Gasteiger charge is -2.22. The Balaban J connectivity index is 2.04. The summed E-state index contributed by atoms with van der Waals surface area (Å²) >= 11 is 0. The van der Waals surface area contributed by atoms with Crippen LogP contribution in [0.15, 0.2) is 18.7 Å². The third-order valence-corrected chi connectivity index (χ3v) is 2.33. The van der Waals surface area contributed by atoms with Gasteiger partial charge in [0.15, 0.2) is 0 Å². The van der Waals surface area contributed by atoms with Crippen molar-refractivity contribution in [3.8, 4) is 0 Å². The monoisotopic (exact) mass is 149 g/mol. The second-order valence-electron chi connectivity index (χ2n) is 3.12.